The summed E-state index contributed by atoms with van der Waals surface area (Å²) in [6, 6.07) is 5.32. The van der Waals surface area contributed by atoms with E-state index in [1.807, 2.05) is 32.0 Å². The van der Waals surface area contributed by atoms with Crippen LogP contribution in [0.4, 0.5) is 5.69 Å². The zero-order valence-corrected chi connectivity index (χ0v) is 24.0. The first kappa shape index (κ1) is 28.7. The largest absolute Gasteiger partial charge is 0.466 e. The van der Waals surface area contributed by atoms with Gasteiger partial charge in [-0.05, 0) is 57.1 Å². The molecule has 3 saturated heterocycles. The fourth-order valence-corrected chi connectivity index (χ4v) is 9.50. The van der Waals surface area contributed by atoms with Crippen LogP contribution in [0.2, 0.25) is 0 Å². The third-order valence-electron chi connectivity index (χ3n) is 8.63. The molecule has 1 N–H and O–H groups in total. The van der Waals surface area contributed by atoms with Crippen molar-refractivity contribution in [3.63, 3.8) is 0 Å². The predicted octanol–water partition coefficient (Wildman–Crippen LogP) is 4.28. The van der Waals surface area contributed by atoms with Crippen LogP contribution in [0.5, 0.6) is 0 Å². The SMILES string of the molecule is C=CCN(C(=O)C1N(CCCCCCO)C(=O)[C@@H]2[C@@H](C(=O)OCC)[C@H]3CC(C)C12S3)c1c(C)cccc1C. The van der Waals surface area contributed by atoms with Crippen LogP contribution in [0.1, 0.15) is 57.1 Å². The van der Waals surface area contributed by atoms with Crippen LogP contribution in [0.3, 0.4) is 0 Å². The molecule has 3 aliphatic rings. The third kappa shape index (κ3) is 4.68. The summed E-state index contributed by atoms with van der Waals surface area (Å²) in [4.78, 5) is 45.7. The van der Waals surface area contributed by atoms with Gasteiger partial charge in [0.15, 0.2) is 0 Å². The number of aliphatic hydroxyl groups excluding tert-OH is 1. The Morgan fingerprint density at radius 1 is 1.24 bits per heavy atom. The van der Waals surface area contributed by atoms with E-state index in [0.717, 1.165) is 48.9 Å². The lowest BCUT2D eigenvalue weighted by Gasteiger charge is -2.41. The van der Waals surface area contributed by atoms with Gasteiger partial charge in [0.25, 0.3) is 5.91 Å². The molecule has 0 aliphatic carbocycles. The summed E-state index contributed by atoms with van der Waals surface area (Å²) in [5.74, 6) is -1.48. The van der Waals surface area contributed by atoms with Crippen LogP contribution >= 0.6 is 11.8 Å². The van der Waals surface area contributed by atoms with E-state index in [1.54, 1.807) is 34.6 Å². The number of aryl methyl sites for hydroxylation is 2. The zero-order chi connectivity index (χ0) is 27.6. The van der Waals surface area contributed by atoms with Gasteiger partial charge in [0, 0.05) is 30.6 Å². The number of esters is 1. The molecule has 8 heteroatoms. The Bertz CT molecular complexity index is 1060. The number of ether oxygens (including phenoxy) is 1. The quantitative estimate of drug-likeness (QED) is 0.241. The molecule has 2 amide bonds. The van der Waals surface area contributed by atoms with Crippen LogP contribution < -0.4 is 4.90 Å². The molecule has 1 aromatic rings. The lowest BCUT2D eigenvalue weighted by Crippen LogP contribution is -2.57. The van der Waals surface area contributed by atoms with E-state index < -0.39 is 22.6 Å². The van der Waals surface area contributed by atoms with Crippen molar-refractivity contribution < 1.29 is 24.2 Å². The first-order valence-corrected chi connectivity index (χ1v) is 14.9. The molecule has 3 heterocycles. The number of likely N-dealkylation sites (tertiary alicyclic amines) is 1. The Balaban J connectivity index is 1.77. The van der Waals surface area contributed by atoms with Crippen LogP contribution in [0.15, 0.2) is 30.9 Å². The number of aliphatic hydroxyl groups is 1. The second-order valence-corrected chi connectivity index (χ2v) is 12.5. The van der Waals surface area contributed by atoms with Gasteiger partial charge < -0.3 is 19.6 Å². The van der Waals surface area contributed by atoms with Crippen LogP contribution in [-0.4, -0.2) is 70.1 Å². The standard InChI is InChI=1S/C30H42N2O5S/c1-6-15-31(25-19(3)13-12-14-20(25)4)28(35)26-30-21(5)18-22(38-30)23(29(36)37-7-2)24(30)27(34)32(26)16-10-8-9-11-17-33/h6,12-14,21-24,26,33H,1,7-11,15-18H2,2-5H3/t21?,22-,23+,24+,26?,30?/m1/s1. The number of nitrogens with zero attached hydrogens (tertiary/aromatic N) is 2. The zero-order valence-electron chi connectivity index (χ0n) is 23.2. The number of hydrogen-bond acceptors (Lipinski definition) is 6. The Labute approximate surface area is 231 Å². The van der Waals surface area contributed by atoms with Crippen molar-refractivity contribution in [1.29, 1.82) is 0 Å². The molecule has 6 atom stereocenters. The average Bonchev–Trinajstić information content (AvgIpc) is 3.47. The molecule has 3 unspecified atom stereocenters. The molecule has 1 aromatic carbocycles. The Kier molecular flexibility index (Phi) is 8.92. The maximum absolute atomic E-state index is 14.7. The molecule has 0 radical (unpaired) electrons. The number of carbonyl (C=O) groups excluding carboxylic acids is 3. The summed E-state index contributed by atoms with van der Waals surface area (Å²) in [6.07, 6.45) is 5.73. The summed E-state index contributed by atoms with van der Waals surface area (Å²) in [6.45, 7) is 13.1. The number of anilines is 1. The van der Waals surface area contributed by atoms with Crippen LogP contribution in [0, 0.1) is 31.6 Å². The summed E-state index contributed by atoms with van der Waals surface area (Å²) < 4.78 is 4.79. The fourth-order valence-electron chi connectivity index (χ4n) is 7.09. The molecule has 0 aromatic heterocycles. The third-order valence-corrected chi connectivity index (χ3v) is 10.7. The van der Waals surface area contributed by atoms with Crippen molar-refractivity contribution in [2.24, 2.45) is 17.8 Å². The highest BCUT2D eigenvalue weighted by Gasteiger charge is 2.76. The van der Waals surface area contributed by atoms with Crippen molar-refractivity contribution in [2.45, 2.75) is 75.8 Å². The van der Waals surface area contributed by atoms with E-state index in [4.69, 9.17) is 9.84 Å². The molecular formula is C30H42N2O5S. The first-order chi connectivity index (χ1) is 18.2. The normalized spacial score (nSPS) is 29.4. The van der Waals surface area contributed by atoms with Crippen molar-refractivity contribution in [2.75, 3.05) is 31.2 Å². The Hall–Kier alpha value is -2.32. The van der Waals surface area contributed by atoms with Crippen LogP contribution in [0.25, 0.3) is 0 Å². The number of unbranched alkanes of at least 4 members (excludes halogenated alkanes) is 3. The number of fused-ring (bicyclic) bond motifs is 1. The molecule has 0 saturated carbocycles. The molecule has 38 heavy (non-hydrogen) atoms. The topological polar surface area (TPSA) is 87.2 Å². The maximum atomic E-state index is 14.7. The number of para-hydroxylation sites is 1. The minimum Gasteiger partial charge on any atom is -0.466 e. The van der Waals surface area contributed by atoms with E-state index in [9.17, 15) is 14.4 Å². The maximum Gasteiger partial charge on any atom is 0.310 e. The second kappa shape index (κ2) is 11.8. The minimum absolute atomic E-state index is 0.0203. The minimum atomic E-state index is -0.669. The van der Waals surface area contributed by atoms with Crippen molar-refractivity contribution >= 4 is 35.2 Å². The van der Waals surface area contributed by atoms with E-state index in [0.29, 0.717) is 13.1 Å². The predicted molar refractivity (Wildman–Crippen MR) is 151 cm³/mol. The Morgan fingerprint density at radius 3 is 2.55 bits per heavy atom. The lowest BCUT2D eigenvalue weighted by atomic mass is 9.66. The number of benzene rings is 1. The molecule has 3 aliphatic heterocycles. The summed E-state index contributed by atoms with van der Waals surface area (Å²) >= 11 is 1.68. The fraction of sp³-hybridized carbons (Fsp3) is 0.633. The van der Waals surface area contributed by atoms with Gasteiger partial charge in [-0.2, -0.15) is 0 Å². The average molecular weight is 543 g/mol. The number of thioether (sulfide) groups is 1. The van der Waals surface area contributed by atoms with E-state index in [2.05, 4.69) is 13.5 Å². The summed E-state index contributed by atoms with van der Waals surface area (Å²) in [5.41, 5.74) is 2.85. The molecular weight excluding hydrogens is 500 g/mol. The molecule has 1 spiro atoms. The number of amides is 2. The number of hydrogen-bond donors (Lipinski definition) is 1. The molecule has 7 nitrogen and oxygen atoms in total. The van der Waals surface area contributed by atoms with E-state index in [1.165, 1.54) is 0 Å². The second-order valence-electron chi connectivity index (χ2n) is 11.0. The van der Waals surface area contributed by atoms with Crippen LogP contribution in [-0.2, 0) is 19.1 Å². The van der Waals surface area contributed by atoms with Crippen molar-refractivity contribution in [3.8, 4) is 0 Å². The molecule has 4 rings (SSSR count). The molecule has 208 valence electrons. The van der Waals surface area contributed by atoms with Crippen molar-refractivity contribution in [3.05, 3.63) is 42.0 Å². The van der Waals surface area contributed by atoms with Gasteiger partial charge in [-0.25, -0.2) is 0 Å². The van der Waals surface area contributed by atoms with E-state index in [-0.39, 0.29) is 42.2 Å². The highest BCUT2D eigenvalue weighted by Crippen LogP contribution is 2.68. The smallest absolute Gasteiger partial charge is 0.310 e. The molecule has 2 bridgehead atoms. The highest BCUT2D eigenvalue weighted by molar-refractivity contribution is 8.02. The number of rotatable bonds is 12. The number of carbonyl (C=O) groups is 3. The lowest BCUT2D eigenvalue weighted by molar-refractivity contribution is -0.154. The van der Waals surface area contributed by atoms with Gasteiger partial charge in [-0.1, -0.05) is 44.0 Å². The summed E-state index contributed by atoms with van der Waals surface area (Å²) in [7, 11) is 0. The van der Waals surface area contributed by atoms with Gasteiger partial charge in [-0.15, -0.1) is 18.3 Å². The van der Waals surface area contributed by atoms with Gasteiger partial charge in [-0.3, -0.25) is 14.4 Å². The van der Waals surface area contributed by atoms with Crippen molar-refractivity contribution in [1.82, 2.24) is 4.90 Å². The van der Waals surface area contributed by atoms with E-state index >= 15 is 0 Å². The Morgan fingerprint density at radius 2 is 1.92 bits per heavy atom. The first-order valence-electron chi connectivity index (χ1n) is 14.0. The van der Waals surface area contributed by atoms with Gasteiger partial charge in [0.2, 0.25) is 5.91 Å². The van der Waals surface area contributed by atoms with Gasteiger partial charge in [0.1, 0.15) is 6.04 Å². The highest BCUT2D eigenvalue weighted by atomic mass is 32.2. The summed E-state index contributed by atoms with van der Waals surface area (Å²) in [5, 5.41) is 9.14. The molecule has 3 fully saturated rings. The monoisotopic (exact) mass is 542 g/mol. The van der Waals surface area contributed by atoms with Gasteiger partial charge >= 0.3 is 5.97 Å². The van der Waals surface area contributed by atoms with Gasteiger partial charge in [0.05, 0.1) is 23.2 Å².